The van der Waals surface area contributed by atoms with Gasteiger partial charge in [-0.1, -0.05) is 12.1 Å². The number of Topliss-reactive ketones (excluding diaryl/α,β-unsaturated/α-hetero) is 2. The number of carbonyl (C=O) groups excluding carboxylic acids is 2. The monoisotopic (exact) mass is 358 g/mol. The van der Waals surface area contributed by atoms with Crippen molar-refractivity contribution in [1.29, 1.82) is 0 Å². The molecule has 0 bridgehead atoms. The molecule has 1 aliphatic rings. The number of carbonyl (C=O) groups is 2. The predicted octanol–water partition coefficient (Wildman–Crippen LogP) is 5.26. The van der Waals surface area contributed by atoms with E-state index >= 15 is 0 Å². The summed E-state index contributed by atoms with van der Waals surface area (Å²) in [6.45, 7) is 5.34. The highest BCUT2D eigenvalue weighted by Crippen LogP contribution is 2.32. The minimum absolute atomic E-state index is 0.126. The van der Waals surface area contributed by atoms with Crippen molar-refractivity contribution in [3.05, 3.63) is 80.9 Å². The Morgan fingerprint density at radius 2 is 1.31 bits per heavy atom. The number of fused-ring (bicyclic) bond motifs is 1. The Morgan fingerprint density at radius 3 is 1.81 bits per heavy atom. The molecule has 0 heterocycles. The molecule has 0 spiro atoms. The van der Waals surface area contributed by atoms with Gasteiger partial charge in [-0.15, -0.1) is 0 Å². The van der Waals surface area contributed by atoms with Gasteiger partial charge in [0, 0.05) is 28.7 Å². The van der Waals surface area contributed by atoms with Crippen molar-refractivity contribution in [1.82, 2.24) is 0 Å². The SMILES string of the molecule is CC1=C(Cc2ccc(C(F)(F)F)cc2)C(=O)c2cc(C)c(C)cc2C1=O. The summed E-state index contributed by atoms with van der Waals surface area (Å²) in [5, 5.41) is 0. The zero-order chi connectivity index (χ0) is 19.2. The summed E-state index contributed by atoms with van der Waals surface area (Å²) in [4.78, 5) is 25.5. The van der Waals surface area contributed by atoms with E-state index in [1.165, 1.54) is 12.1 Å². The van der Waals surface area contributed by atoms with Gasteiger partial charge < -0.3 is 0 Å². The largest absolute Gasteiger partial charge is 0.416 e. The third-order valence-corrected chi connectivity index (χ3v) is 4.85. The molecule has 0 fully saturated rings. The molecular formula is C21H17F3O2. The van der Waals surface area contributed by atoms with Crippen LogP contribution in [0.25, 0.3) is 0 Å². The second-order valence-electron chi connectivity index (χ2n) is 6.62. The molecule has 0 aromatic heterocycles. The highest BCUT2D eigenvalue weighted by Gasteiger charge is 2.32. The van der Waals surface area contributed by atoms with E-state index in [0.29, 0.717) is 27.8 Å². The highest BCUT2D eigenvalue weighted by molar-refractivity contribution is 6.27. The van der Waals surface area contributed by atoms with Crippen molar-refractivity contribution in [2.24, 2.45) is 0 Å². The van der Waals surface area contributed by atoms with Crippen LogP contribution in [0, 0.1) is 13.8 Å². The lowest BCUT2D eigenvalue weighted by Gasteiger charge is -2.20. The molecule has 0 saturated heterocycles. The lowest BCUT2D eigenvalue weighted by molar-refractivity contribution is -0.137. The topological polar surface area (TPSA) is 34.1 Å². The molecular weight excluding hydrogens is 341 g/mol. The van der Waals surface area contributed by atoms with E-state index in [9.17, 15) is 22.8 Å². The number of rotatable bonds is 2. The number of ketones is 2. The van der Waals surface area contributed by atoms with E-state index in [-0.39, 0.29) is 18.0 Å². The van der Waals surface area contributed by atoms with Gasteiger partial charge in [0.15, 0.2) is 11.6 Å². The Balaban J connectivity index is 1.98. The van der Waals surface area contributed by atoms with E-state index in [2.05, 4.69) is 0 Å². The van der Waals surface area contributed by atoms with Crippen LogP contribution < -0.4 is 0 Å². The zero-order valence-corrected chi connectivity index (χ0v) is 14.6. The van der Waals surface area contributed by atoms with Gasteiger partial charge in [0.05, 0.1) is 5.56 Å². The maximum Gasteiger partial charge on any atom is 0.416 e. The maximum atomic E-state index is 12.9. The van der Waals surface area contributed by atoms with Gasteiger partial charge in [0.25, 0.3) is 0 Å². The average Bonchev–Trinajstić information content (AvgIpc) is 2.58. The first-order valence-electron chi connectivity index (χ1n) is 8.16. The zero-order valence-electron chi connectivity index (χ0n) is 14.6. The predicted molar refractivity (Wildman–Crippen MR) is 92.4 cm³/mol. The quantitative estimate of drug-likeness (QED) is 0.734. The average molecular weight is 358 g/mol. The van der Waals surface area contributed by atoms with Crippen LogP contribution in [-0.4, -0.2) is 11.6 Å². The first-order chi connectivity index (χ1) is 12.1. The van der Waals surface area contributed by atoms with E-state index in [1.807, 2.05) is 13.8 Å². The lowest BCUT2D eigenvalue weighted by atomic mass is 9.81. The number of hydrogen-bond donors (Lipinski definition) is 0. The number of aryl methyl sites for hydroxylation is 2. The first-order valence-corrected chi connectivity index (χ1v) is 8.16. The van der Waals surface area contributed by atoms with Crippen LogP contribution >= 0.6 is 0 Å². The Kier molecular flexibility index (Phi) is 4.34. The number of alkyl halides is 3. The minimum atomic E-state index is -4.40. The van der Waals surface area contributed by atoms with E-state index in [0.717, 1.165) is 23.3 Å². The van der Waals surface area contributed by atoms with Crippen molar-refractivity contribution in [3.8, 4) is 0 Å². The molecule has 0 radical (unpaired) electrons. The van der Waals surface area contributed by atoms with Crippen LogP contribution in [0.1, 0.15) is 49.9 Å². The Labute approximate surface area is 149 Å². The second-order valence-corrected chi connectivity index (χ2v) is 6.62. The molecule has 0 N–H and O–H groups in total. The van der Waals surface area contributed by atoms with Gasteiger partial charge in [-0.3, -0.25) is 9.59 Å². The molecule has 26 heavy (non-hydrogen) atoms. The van der Waals surface area contributed by atoms with Crippen molar-refractivity contribution >= 4 is 11.6 Å². The van der Waals surface area contributed by atoms with E-state index < -0.39 is 11.7 Å². The van der Waals surface area contributed by atoms with Crippen molar-refractivity contribution in [2.75, 3.05) is 0 Å². The third-order valence-electron chi connectivity index (χ3n) is 4.85. The van der Waals surface area contributed by atoms with Crippen LogP contribution in [0.5, 0.6) is 0 Å². The number of hydrogen-bond acceptors (Lipinski definition) is 2. The molecule has 0 unspecified atom stereocenters. The normalized spacial score (nSPS) is 14.7. The minimum Gasteiger partial charge on any atom is -0.289 e. The molecule has 2 aromatic carbocycles. The Hall–Kier alpha value is -2.69. The van der Waals surface area contributed by atoms with E-state index in [4.69, 9.17) is 0 Å². The molecule has 0 aliphatic heterocycles. The fourth-order valence-corrected chi connectivity index (χ4v) is 3.09. The summed E-state index contributed by atoms with van der Waals surface area (Å²) in [5.41, 5.74) is 3.12. The third kappa shape index (κ3) is 3.09. The fraction of sp³-hybridized carbons (Fsp3) is 0.238. The number of allylic oxidation sites excluding steroid dienone is 2. The summed E-state index contributed by atoms with van der Waals surface area (Å²) >= 11 is 0. The van der Waals surface area contributed by atoms with Gasteiger partial charge in [0.1, 0.15) is 0 Å². The smallest absolute Gasteiger partial charge is 0.289 e. The Bertz CT molecular complexity index is 948. The molecule has 0 atom stereocenters. The maximum absolute atomic E-state index is 12.9. The molecule has 5 heteroatoms. The van der Waals surface area contributed by atoms with Crippen molar-refractivity contribution in [2.45, 2.75) is 33.4 Å². The van der Waals surface area contributed by atoms with E-state index in [1.54, 1.807) is 19.1 Å². The standard InChI is InChI=1S/C21H17F3O2/c1-11-8-17-18(9-12(11)2)20(26)16(13(3)19(17)25)10-14-4-6-15(7-5-14)21(22,23)24/h4-9H,10H2,1-3H3. The van der Waals surface area contributed by atoms with Gasteiger partial charge in [-0.2, -0.15) is 13.2 Å². The molecule has 134 valence electrons. The van der Waals surface area contributed by atoms with Crippen LogP contribution in [0.3, 0.4) is 0 Å². The summed E-state index contributed by atoms with van der Waals surface area (Å²) in [5.74, 6) is -0.440. The van der Waals surface area contributed by atoms with Gasteiger partial charge in [-0.25, -0.2) is 0 Å². The van der Waals surface area contributed by atoms with Crippen LogP contribution in [-0.2, 0) is 12.6 Å². The number of benzene rings is 2. The van der Waals surface area contributed by atoms with Crippen molar-refractivity contribution < 1.29 is 22.8 Å². The summed E-state index contributed by atoms with van der Waals surface area (Å²) in [7, 11) is 0. The molecule has 2 aromatic rings. The fourth-order valence-electron chi connectivity index (χ4n) is 3.09. The molecule has 2 nitrogen and oxygen atoms in total. The van der Waals surface area contributed by atoms with Gasteiger partial charge in [-0.05, 0) is 61.7 Å². The van der Waals surface area contributed by atoms with Crippen LogP contribution in [0.15, 0.2) is 47.5 Å². The first kappa shape index (κ1) is 18.1. The molecule has 1 aliphatic carbocycles. The van der Waals surface area contributed by atoms with Crippen LogP contribution in [0.2, 0.25) is 0 Å². The van der Waals surface area contributed by atoms with Crippen LogP contribution in [0.4, 0.5) is 13.2 Å². The Morgan fingerprint density at radius 1 is 0.808 bits per heavy atom. The summed E-state index contributed by atoms with van der Waals surface area (Å²) in [6.07, 6.45) is -4.28. The second kappa shape index (κ2) is 6.24. The van der Waals surface area contributed by atoms with Crippen molar-refractivity contribution in [3.63, 3.8) is 0 Å². The van der Waals surface area contributed by atoms with Gasteiger partial charge >= 0.3 is 6.18 Å². The highest BCUT2D eigenvalue weighted by atomic mass is 19.4. The summed E-state index contributed by atoms with van der Waals surface area (Å²) < 4.78 is 38.0. The molecule has 3 rings (SSSR count). The summed E-state index contributed by atoms with van der Waals surface area (Å²) in [6, 6.07) is 8.10. The molecule has 0 amide bonds. The lowest BCUT2D eigenvalue weighted by Crippen LogP contribution is -2.22. The van der Waals surface area contributed by atoms with Gasteiger partial charge in [0.2, 0.25) is 0 Å². The molecule has 0 saturated carbocycles. The number of halogens is 3.